The van der Waals surface area contributed by atoms with E-state index in [0.29, 0.717) is 13.0 Å². The molecule has 0 amide bonds. The van der Waals surface area contributed by atoms with E-state index in [1.54, 1.807) is 7.11 Å². The number of hydrogen-bond acceptors (Lipinski definition) is 4. The first-order valence-electron chi connectivity index (χ1n) is 4.89. The first-order valence-corrected chi connectivity index (χ1v) is 4.89. The number of carbonyl (C=O) groups is 1. The van der Waals surface area contributed by atoms with Gasteiger partial charge in [0, 0.05) is 20.1 Å². The van der Waals surface area contributed by atoms with Gasteiger partial charge in [-0.1, -0.05) is 0 Å². The molecule has 0 aliphatic carbocycles. The molecule has 1 saturated heterocycles. The van der Waals surface area contributed by atoms with Crippen LogP contribution in [0.3, 0.4) is 0 Å². The number of ether oxygens (including phenoxy) is 2. The van der Waals surface area contributed by atoms with Crippen LogP contribution < -0.4 is 5.32 Å². The third-order valence-corrected chi connectivity index (χ3v) is 2.28. The van der Waals surface area contributed by atoms with E-state index in [1.165, 1.54) is 0 Å². The standard InChI is InChI=1S/C10H19NO3/c1-9(2,3)14-8(12)10(13-4)5-6-11-7-10/h11H,5-7H2,1-4H3. The number of rotatable bonds is 2. The number of methoxy groups -OCH3 is 1. The molecule has 4 heteroatoms. The lowest BCUT2D eigenvalue weighted by Gasteiger charge is -2.29. The number of carbonyl (C=O) groups excluding carboxylic acids is 1. The van der Waals surface area contributed by atoms with Gasteiger partial charge in [-0.15, -0.1) is 0 Å². The van der Waals surface area contributed by atoms with Crippen LogP contribution in [0.25, 0.3) is 0 Å². The number of esters is 1. The van der Waals surface area contributed by atoms with E-state index in [9.17, 15) is 4.79 Å². The van der Waals surface area contributed by atoms with Crippen LogP contribution in [0.15, 0.2) is 0 Å². The number of nitrogens with one attached hydrogen (secondary N) is 1. The van der Waals surface area contributed by atoms with Crippen molar-refractivity contribution < 1.29 is 14.3 Å². The summed E-state index contributed by atoms with van der Waals surface area (Å²) in [5, 5.41) is 3.10. The van der Waals surface area contributed by atoms with Crippen LogP contribution in [0, 0.1) is 0 Å². The second-order valence-electron chi connectivity index (χ2n) is 4.63. The van der Waals surface area contributed by atoms with Crippen LogP contribution in [0.4, 0.5) is 0 Å². The molecule has 1 atom stereocenters. The minimum atomic E-state index is -0.771. The zero-order valence-electron chi connectivity index (χ0n) is 9.35. The summed E-state index contributed by atoms with van der Waals surface area (Å²) in [7, 11) is 1.55. The lowest BCUT2D eigenvalue weighted by atomic mass is 10.0. The minimum Gasteiger partial charge on any atom is -0.458 e. The molecule has 1 rings (SSSR count). The predicted molar refractivity (Wildman–Crippen MR) is 53.1 cm³/mol. The van der Waals surface area contributed by atoms with Crippen molar-refractivity contribution >= 4 is 5.97 Å². The van der Waals surface area contributed by atoms with Gasteiger partial charge in [0.25, 0.3) is 0 Å². The Morgan fingerprint density at radius 2 is 2.07 bits per heavy atom. The van der Waals surface area contributed by atoms with Gasteiger partial charge < -0.3 is 14.8 Å². The summed E-state index contributed by atoms with van der Waals surface area (Å²) in [4.78, 5) is 11.8. The maximum Gasteiger partial charge on any atom is 0.340 e. The van der Waals surface area contributed by atoms with Crippen molar-refractivity contribution in [3.05, 3.63) is 0 Å². The van der Waals surface area contributed by atoms with Crippen LogP contribution in [0.1, 0.15) is 27.2 Å². The highest BCUT2D eigenvalue weighted by molar-refractivity contribution is 5.80. The normalized spacial score (nSPS) is 27.7. The molecule has 14 heavy (non-hydrogen) atoms. The highest BCUT2D eigenvalue weighted by atomic mass is 16.6. The molecule has 1 aliphatic heterocycles. The van der Waals surface area contributed by atoms with Crippen molar-refractivity contribution in [3.8, 4) is 0 Å². The Bertz CT molecular complexity index is 214. The van der Waals surface area contributed by atoms with Gasteiger partial charge in [0.2, 0.25) is 0 Å². The van der Waals surface area contributed by atoms with E-state index in [2.05, 4.69) is 5.32 Å². The van der Waals surface area contributed by atoms with Crippen molar-refractivity contribution in [2.75, 3.05) is 20.2 Å². The quantitative estimate of drug-likeness (QED) is 0.668. The Hall–Kier alpha value is -0.610. The van der Waals surface area contributed by atoms with Crippen molar-refractivity contribution in [2.24, 2.45) is 0 Å². The third-order valence-electron chi connectivity index (χ3n) is 2.28. The van der Waals surface area contributed by atoms with Crippen molar-refractivity contribution in [1.82, 2.24) is 5.32 Å². The molecule has 0 saturated carbocycles. The van der Waals surface area contributed by atoms with Gasteiger partial charge >= 0.3 is 5.97 Å². The molecule has 0 spiro atoms. The lowest BCUT2D eigenvalue weighted by Crippen LogP contribution is -2.46. The summed E-state index contributed by atoms with van der Waals surface area (Å²) < 4.78 is 10.6. The van der Waals surface area contributed by atoms with Gasteiger partial charge in [-0.2, -0.15) is 0 Å². The second-order valence-corrected chi connectivity index (χ2v) is 4.63. The van der Waals surface area contributed by atoms with E-state index in [-0.39, 0.29) is 5.97 Å². The average molecular weight is 201 g/mol. The van der Waals surface area contributed by atoms with Crippen LogP contribution in [0.5, 0.6) is 0 Å². The zero-order valence-corrected chi connectivity index (χ0v) is 9.35. The van der Waals surface area contributed by atoms with Crippen molar-refractivity contribution in [1.29, 1.82) is 0 Å². The predicted octanol–water partition coefficient (Wildman–Crippen LogP) is 0.707. The maximum atomic E-state index is 11.8. The molecule has 0 aromatic heterocycles. The lowest BCUT2D eigenvalue weighted by molar-refractivity contribution is -0.178. The summed E-state index contributed by atoms with van der Waals surface area (Å²) in [6, 6.07) is 0. The molecule has 1 fully saturated rings. The van der Waals surface area contributed by atoms with Gasteiger partial charge in [0.15, 0.2) is 5.60 Å². The fraction of sp³-hybridized carbons (Fsp3) is 0.900. The fourth-order valence-electron chi connectivity index (χ4n) is 1.47. The Kier molecular flexibility index (Phi) is 3.17. The van der Waals surface area contributed by atoms with Crippen LogP contribution in [-0.2, 0) is 14.3 Å². The molecule has 1 heterocycles. The Morgan fingerprint density at radius 3 is 2.43 bits per heavy atom. The van der Waals surface area contributed by atoms with Gasteiger partial charge in [0.05, 0.1) is 0 Å². The summed E-state index contributed by atoms with van der Waals surface area (Å²) in [5.74, 6) is -0.266. The first kappa shape index (κ1) is 11.5. The highest BCUT2D eigenvalue weighted by Gasteiger charge is 2.44. The second kappa shape index (κ2) is 3.87. The average Bonchev–Trinajstić information content (AvgIpc) is 2.49. The van der Waals surface area contributed by atoms with Crippen LogP contribution >= 0.6 is 0 Å². The highest BCUT2D eigenvalue weighted by Crippen LogP contribution is 2.23. The van der Waals surface area contributed by atoms with Crippen molar-refractivity contribution in [2.45, 2.75) is 38.4 Å². The molecule has 0 bridgehead atoms. The van der Waals surface area contributed by atoms with Gasteiger partial charge in [-0.25, -0.2) is 4.79 Å². The van der Waals surface area contributed by atoms with E-state index in [0.717, 1.165) is 6.54 Å². The first-order chi connectivity index (χ1) is 6.40. The summed E-state index contributed by atoms with van der Waals surface area (Å²) >= 11 is 0. The van der Waals surface area contributed by atoms with Gasteiger partial charge in [-0.05, 0) is 27.3 Å². The molecule has 0 aromatic carbocycles. The summed E-state index contributed by atoms with van der Waals surface area (Å²) in [6.45, 7) is 6.91. The molecular formula is C10H19NO3. The molecule has 4 nitrogen and oxygen atoms in total. The van der Waals surface area contributed by atoms with E-state index >= 15 is 0 Å². The van der Waals surface area contributed by atoms with Crippen LogP contribution in [0.2, 0.25) is 0 Å². The van der Waals surface area contributed by atoms with Gasteiger partial charge in [-0.3, -0.25) is 0 Å². The van der Waals surface area contributed by atoms with Gasteiger partial charge in [0.1, 0.15) is 5.60 Å². The zero-order chi connectivity index (χ0) is 10.8. The third kappa shape index (κ3) is 2.45. The van der Waals surface area contributed by atoms with Crippen LogP contribution in [-0.4, -0.2) is 37.4 Å². The molecule has 82 valence electrons. The Balaban J connectivity index is 2.66. The topological polar surface area (TPSA) is 47.6 Å². The molecule has 1 N–H and O–H groups in total. The molecule has 0 aromatic rings. The Labute approximate surface area is 85.0 Å². The Morgan fingerprint density at radius 1 is 1.43 bits per heavy atom. The monoisotopic (exact) mass is 201 g/mol. The summed E-state index contributed by atoms with van der Waals surface area (Å²) in [5.41, 5.74) is -1.22. The minimum absolute atomic E-state index is 0.266. The SMILES string of the molecule is COC1(C(=O)OC(C)(C)C)CCNC1. The smallest absolute Gasteiger partial charge is 0.340 e. The molecular weight excluding hydrogens is 182 g/mol. The van der Waals surface area contributed by atoms with E-state index < -0.39 is 11.2 Å². The van der Waals surface area contributed by atoms with E-state index in [4.69, 9.17) is 9.47 Å². The summed E-state index contributed by atoms with van der Waals surface area (Å²) in [6.07, 6.45) is 0.679. The maximum absolute atomic E-state index is 11.8. The molecule has 0 radical (unpaired) electrons. The number of hydrogen-bond donors (Lipinski definition) is 1. The van der Waals surface area contributed by atoms with E-state index in [1.807, 2.05) is 20.8 Å². The molecule has 1 unspecified atom stereocenters. The van der Waals surface area contributed by atoms with Crippen molar-refractivity contribution in [3.63, 3.8) is 0 Å². The largest absolute Gasteiger partial charge is 0.458 e. The fourth-order valence-corrected chi connectivity index (χ4v) is 1.47. The molecule has 1 aliphatic rings.